The maximum absolute atomic E-state index is 12.6. The molecule has 0 aliphatic carbocycles. The van der Waals surface area contributed by atoms with E-state index < -0.39 is 0 Å². The third-order valence-corrected chi connectivity index (χ3v) is 6.63. The predicted octanol–water partition coefficient (Wildman–Crippen LogP) is 3.02. The molecule has 170 valence electrons. The number of anilines is 1. The molecule has 1 fully saturated rings. The van der Waals surface area contributed by atoms with Gasteiger partial charge in [-0.1, -0.05) is 54.6 Å². The van der Waals surface area contributed by atoms with Crippen LogP contribution in [0, 0.1) is 0 Å². The fourth-order valence-corrected chi connectivity index (χ4v) is 4.75. The Labute approximate surface area is 195 Å². The lowest BCUT2D eigenvalue weighted by atomic mass is 10.00. The topological polar surface area (TPSA) is 60.5 Å². The number of carbonyl (C=O) groups excluding carboxylic acids is 1. The quantitative estimate of drug-likeness (QED) is 0.616. The van der Waals surface area contributed by atoms with Crippen LogP contribution in [0.5, 0.6) is 0 Å². The first-order valence-electron chi connectivity index (χ1n) is 11.8. The highest BCUT2D eigenvalue weighted by Crippen LogP contribution is 2.21. The number of fused-ring (bicyclic) bond motifs is 1. The van der Waals surface area contributed by atoms with E-state index in [0.717, 1.165) is 51.5 Å². The zero-order valence-electron chi connectivity index (χ0n) is 18.9. The molecule has 0 bridgehead atoms. The second-order valence-electron chi connectivity index (χ2n) is 8.82. The molecule has 6 heteroatoms. The van der Waals surface area contributed by atoms with Gasteiger partial charge < -0.3 is 15.5 Å². The average molecular weight is 442 g/mol. The molecule has 0 spiro atoms. The monoisotopic (exact) mass is 441 g/mol. The van der Waals surface area contributed by atoms with Crippen molar-refractivity contribution >= 4 is 11.7 Å². The molecule has 1 unspecified atom stereocenters. The summed E-state index contributed by atoms with van der Waals surface area (Å²) in [5, 5.41) is 6.64. The van der Waals surface area contributed by atoms with E-state index in [4.69, 9.17) is 0 Å². The van der Waals surface area contributed by atoms with E-state index in [1.54, 1.807) is 6.20 Å². The van der Waals surface area contributed by atoms with Crippen molar-refractivity contribution in [2.75, 3.05) is 44.2 Å². The van der Waals surface area contributed by atoms with Gasteiger partial charge in [0, 0.05) is 58.1 Å². The summed E-state index contributed by atoms with van der Waals surface area (Å²) in [6.45, 7) is 6.16. The van der Waals surface area contributed by atoms with Crippen LogP contribution in [0.25, 0.3) is 0 Å². The Balaban J connectivity index is 1.12. The number of carbonyl (C=O) groups is 1. The summed E-state index contributed by atoms with van der Waals surface area (Å²) in [4.78, 5) is 21.9. The first-order chi connectivity index (χ1) is 16.3. The van der Waals surface area contributed by atoms with Crippen LogP contribution in [0.4, 0.5) is 5.82 Å². The highest BCUT2D eigenvalue weighted by Gasteiger charge is 2.22. The van der Waals surface area contributed by atoms with Gasteiger partial charge in [-0.05, 0) is 35.2 Å². The molecule has 2 aliphatic rings. The fraction of sp³-hybridized carbons (Fsp3) is 0.333. The molecule has 1 atom stereocenters. The second-order valence-corrected chi connectivity index (χ2v) is 8.82. The Hall–Kier alpha value is -3.22. The van der Waals surface area contributed by atoms with Gasteiger partial charge in [0.1, 0.15) is 5.82 Å². The van der Waals surface area contributed by atoms with E-state index in [1.807, 2.05) is 18.2 Å². The van der Waals surface area contributed by atoms with Gasteiger partial charge in [0.25, 0.3) is 5.91 Å². The van der Waals surface area contributed by atoms with E-state index in [0.29, 0.717) is 12.1 Å². The summed E-state index contributed by atoms with van der Waals surface area (Å²) < 4.78 is 0. The standard InChI is InChI=1S/C27H31N5O/c33-27(29-13-16-31-15-12-21-6-4-5-9-24(21)19-31)23-10-11-26(30-18-23)32-17-14-28-25(20-32)22-7-2-1-3-8-22/h1-11,18,25,28H,12-17,19-20H2,(H,29,33). The molecule has 1 saturated heterocycles. The molecule has 0 radical (unpaired) electrons. The van der Waals surface area contributed by atoms with Gasteiger partial charge >= 0.3 is 0 Å². The number of nitrogens with zero attached hydrogens (tertiary/aromatic N) is 3. The van der Waals surface area contributed by atoms with Gasteiger partial charge in [-0.2, -0.15) is 0 Å². The van der Waals surface area contributed by atoms with Crippen molar-refractivity contribution < 1.29 is 4.79 Å². The van der Waals surface area contributed by atoms with Gasteiger partial charge in [-0.25, -0.2) is 4.98 Å². The van der Waals surface area contributed by atoms with E-state index in [2.05, 4.69) is 73.9 Å². The maximum atomic E-state index is 12.6. The lowest BCUT2D eigenvalue weighted by Crippen LogP contribution is -2.46. The number of piperazine rings is 1. The van der Waals surface area contributed by atoms with E-state index in [1.165, 1.54) is 16.7 Å². The van der Waals surface area contributed by atoms with Crippen molar-refractivity contribution in [2.45, 2.75) is 19.0 Å². The summed E-state index contributed by atoms with van der Waals surface area (Å²) in [6, 6.07) is 23.3. The minimum atomic E-state index is -0.0612. The molecule has 33 heavy (non-hydrogen) atoms. The highest BCUT2D eigenvalue weighted by molar-refractivity contribution is 5.94. The van der Waals surface area contributed by atoms with Crippen molar-refractivity contribution in [2.24, 2.45) is 0 Å². The summed E-state index contributed by atoms with van der Waals surface area (Å²) in [6.07, 6.45) is 2.77. The van der Waals surface area contributed by atoms with Crippen LogP contribution in [-0.4, -0.2) is 55.1 Å². The Kier molecular flexibility index (Phi) is 6.65. The van der Waals surface area contributed by atoms with Crippen molar-refractivity contribution in [1.82, 2.24) is 20.5 Å². The minimum Gasteiger partial charge on any atom is -0.353 e. The van der Waals surface area contributed by atoms with Crippen molar-refractivity contribution in [3.63, 3.8) is 0 Å². The molecular formula is C27H31N5O. The van der Waals surface area contributed by atoms with Crippen LogP contribution in [0.1, 0.15) is 33.1 Å². The third-order valence-electron chi connectivity index (χ3n) is 6.63. The SMILES string of the molecule is O=C(NCCN1CCc2ccccc2C1)c1ccc(N2CCNC(c3ccccc3)C2)nc1. The number of hydrogen-bond donors (Lipinski definition) is 2. The first-order valence-corrected chi connectivity index (χ1v) is 11.8. The molecular weight excluding hydrogens is 410 g/mol. The van der Waals surface area contributed by atoms with Crippen LogP contribution >= 0.6 is 0 Å². The normalized spacial score (nSPS) is 18.5. The Morgan fingerprint density at radius 2 is 1.82 bits per heavy atom. The Morgan fingerprint density at radius 3 is 2.64 bits per heavy atom. The Bertz CT molecular complexity index is 1070. The molecule has 3 aromatic rings. The van der Waals surface area contributed by atoms with Gasteiger partial charge in [0.2, 0.25) is 0 Å². The van der Waals surface area contributed by atoms with Gasteiger partial charge in [0.05, 0.1) is 5.56 Å². The van der Waals surface area contributed by atoms with E-state index in [9.17, 15) is 4.79 Å². The number of amides is 1. The largest absolute Gasteiger partial charge is 0.353 e. The van der Waals surface area contributed by atoms with E-state index >= 15 is 0 Å². The molecule has 5 rings (SSSR count). The molecule has 6 nitrogen and oxygen atoms in total. The number of benzene rings is 2. The molecule has 1 amide bonds. The first kappa shape index (κ1) is 21.6. The lowest BCUT2D eigenvalue weighted by molar-refractivity contribution is 0.0947. The predicted molar refractivity (Wildman–Crippen MR) is 131 cm³/mol. The second kappa shape index (κ2) is 10.1. The number of rotatable bonds is 6. The molecule has 0 saturated carbocycles. The maximum Gasteiger partial charge on any atom is 0.252 e. The summed E-state index contributed by atoms with van der Waals surface area (Å²) in [5.74, 6) is 0.856. The summed E-state index contributed by atoms with van der Waals surface area (Å²) in [5.41, 5.74) is 4.74. The molecule has 2 aliphatic heterocycles. The van der Waals surface area contributed by atoms with Gasteiger partial charge in [-0.15, -0.1) is 0 Å². The minimum absolute atomic E-state index is 0.0612. The Morgan fingerprint density at radius 1 is 1.00 bits per heavy atom. The van der Waals surface area contributed by atoms with Crippen molar-refractivity contribution in [3.8, 4) is 0 Å². The van der Waals surface area contributed by atoms with Crippen LogP contribution in [0.15, 0.2) is 72.9 Å². The van der Waals surface area contributed by atoms with Crippen LogP contribution in [0.3, 0.4) is 0 Å². The fourth-order valence-electron chi connectivity index (χ4n) is 4.75. The van der Waals surface area contributed by atoms with Gasteiger partial charge in [0.15, 0.2) is 0 Å². The molecule has 1 aromatic heterocycles. The summed E-state index contributed by atoms with van der Waals surface area (Å²) >= 11 is 0. The summed E-state index contributed by atoms with van der Waals surface area (Å²) in [7, 11) is 0. The number of pyridine rings is 1. The molecule has 2 N–H and O–H groups in total. The van der Waals surface area contributed by atoms with Crippen LogP contribution in [-0.2, 0) is 13.0 Å². The number of hydrogen-bond acceptors (Lipinski definition) is 5. The lowest BCUT2D eigenvalue weighted by Gasteiger charge is -2.34. The third kappa shape index (κ3) is 5.24. The highest BCUT2D eigenvalue weighted by atomic mass is 16.1. The molecule has 3 heterocycles. The van der Waals surface area contributed by atoms with Crippen molar-refractivity contribution in [1.29, 1.82) is 0 Å². The zero-order chi connectivity index (χ0) is 22.5. The van der Waals surface area contributed by atoms with Crippen molar-refractivity contribution in [3.05, 3.63) is 95.2 Å². The van der Waals surface area contributed by atoms with Crippen LogP contribution in [0.2, 0.25) is 0 Å². The smallest absolute Gasteiger partial charge is 0.252 e. The van der Waals surface area contributed by atoms with Crippen LogP contribution < -0.4 is 15.5 Å². The number of aromatic nitrogens is 1. The molecule has 2 aromatic carbocycles. The average Bonchev–Trinajstić information content (AvgIpc) is 2.89. The van der Waals surface area contributed by atoms with Gasteiger partial charge in [-0.3, -0.25) is 9.69 Å². The zero-order valence-corrected chi connectivity index (χ0v) is 18.9. The van der Waals surface area contributed by atoms with E-state index in [-0.39, 0.29) is 11.9 Å². The number of nitrogens with one attached hydrogen (secondary N) is 2.